The van der Waals surface area contributed by atoms with E-state index in [-0.39, 0.29) is 12.5 Å². The highest BCUT2D eigenvalue weighted by Gasteiger charge is 2.15. The van der Waals surface area contributed by atoms with Gasteiger partial charge in [0.15, 0.2) is 0 Å². The molecule has 2 aromatic rings. The van der Waals surface area contributed by atoms with Gasteiger partial charge in [0.2, 0.25) is 5.91 Å². The predicted molar refractivity (Wildman–Crippen MR) is 96.8 cm³/mol. The molecule has 1 heterocycles. The van der Waals surface area contributed by atoms with Crippen LogP contribution in [0.25, 0.3) is 0 Å². The molecule has 0 fully saturated rings. The lowest BCUT2D eigenvalue weighted by Gasteiger charge is -2.23. The normalized spacial score (nSPS) is 10.8. The molecule has 0 bridgehead atoms. The molecule has 4 nitrogen and oxygen atoms in total. The van der Waals surface area contributed by atoms with E-state index in [4.69, 9.17) is 4.74 Å². The Morgan fingerprint density at radius 3 is 2.62 bits per heavy atom. The fraction of sp³-hybridized carbons (Fsp3) is 0.450. The first-order valence-corrected chi connectivity index (χ1v) is 8.69. The lowest BCUT2D eigenvalue weighted by molar-refractivity contribution is -0.135. The molecule has 24 heavy (non-hydrogen) atoms. The van der Waals surface area contributed by atoms with Gasteiger partial charge in [0.25, 0.3) is 0 Å². The number of rotatable bonds is 10. The second-order valence-corrected chi connectivity index (χ2v) is 6.07. The van der Waals surface area contributed by atoms with E-state index < -0.39 is 0 Å². The number of hydrogen-bond donors (Lipinski definition) is 0. The number of methoxy groups -OCH3 is 1. The summed E-state index contributed by atoms with van der Waals surface area (Å²) in [6, 6.07) is 14.5. The van der Waals surface area contributed by atoms with Crippen LogP contribution in [0.2, 0.25) is 0 Å². The molecule has 0 saturated heterocycles. The van der Waals surface area contributed by atoms with Gasteiger partial charge in [0.1, 0.15) is 6.61 Å². The monoisotopic (exact) mass is 328 g/mol. The molecule has 0 saturated carbocycles. The summed E-state index contributed by atoms with van der Waals surface area (Å²) in [5.74, 6) is 0.0565. The Bertz CT molecular complexity index is 607. The molecule has 0 atom stereocenters. The lowest BCUT2D eigenvalue weighted by Crippen LogP contribution is -2.34. The van der Waals surface area contributed by atoms with Gasteiger partial charge in [0, 0.05) is 32.1 Å². The van der Waals surface area contributed by atoms with Gasteiger partial charge in [-0.2, -0.15) is 0 Å². The number of carbonyl (C=O) groups is 1. The number of carbonyl (C=O) groups excluding carboxylic acids is 1. The maximum Gasteiger partial charge on any atom is 0.248 e. The van der Waals surface area contributed by atoms with Gasteiger partial charge < -0.3 is 14.2 Å². The maximum atomic E-state index is 12.3. The van der Waals surface area contributed by atoms with Gasteiger partial charge in [-0.3, -0.25) is 4.79 Å². The third-order valence-electron chi connectivity index (χ3n) is 4.12. The number of benzene rings is 1. The van der Waals surface area contributed by atoms with Crippen molar-refractivity contribution in [3.63, 3.8) is 0 Å². The zero-order chi connectivity index (χ0) is 17.2. The van der Waals surface area contributed by atoms with Crippen LogP contribution in [0.3, 0.4) is 0 Å². The highest BCUT2D eigenvalue weighted by Crippen LogP contribution is 2.12. The van der Waals surface area contributed by atoms with Gasteiger partial charge >= 0.3 is 0 Å². The molecule has 0 aliphatic carbocycles. The molecule has 0 N–H and O–H groups in total. The maximum absolute atomic E-state index is 12.3. The Labute approximate surface area is 145 Å². The zero-order valence-electron chi connectivity index (χ0n) is 14.8. The van der Waals surface area contributed by atoms with E-state index in [9.17, 15) is 4.79 Å². The van der Waals surface area contributed by atoms with Crippen molar-refractivity contribution in [2.24, 2.45) is 0 Å². The first-order chi connectivity index (χ1) is 11.7. The summed E-state index contributed by atoms with van der Waals surface area (Å²) in [5.41, 5.74) is 2.41. The molecule has 1 aromatic heterocycles. The molecule has 2 rings (SSSR count). The lowest BCUT2D eigenvalue weighted by atomic mass is 10.2. The van der Waals surface area contributed by atoms with Gasteiger partial charge in [-0.1, -0.05) is 50.1 Å². The van der Waals surface area contributed by atoms with Crippen molar-refractivity contribution >= 4 is 5.91 Å². The summed E-state index contributed by atoms with van der Waals surface area (Å²) in [4.78, 5) is 14.2. The van der Waals surface area contributed by atoms with Crippen LogP contribution < -0.4 is 0 Å². The van der Waals surface area contributed by atoms with Gasteiger partial charge in [-0.05, 0) is 24.1 Å². The standard InChI is InChI=1S/C20H28N2O2/c1-3-4-8-13-22(20(23)17-24-2)16-19-12-9-14-21(19)15-18-10-6-5-7-11-18/h5-7,9-12,14H,3-4,8,13,15-17H2,1-2H3. The summed E-state index contributed by atoms with van der Waals surface area (Å²) in [7, 11) is 1.57. The smallest absolute Gasteiger partial charge is 0.248 e. The molecule has 1 amide bonds. The highest BCUT2D eigenvalue weighted by atomic mass is 16.5. The van der Waals surface area contributed by atoms with Crippen LogP contribution in [0.4, 0.5) is 0 Å². The summed E-state index contributed by atoms with van der Waals surface area (Å²) in [6.45, 7) is 4.56. The Balaban J connectivity index is 2.05. The van der Waals surface area contributed by atoms with Gasteiger partial charge in [0.05, 0.1) is 6.54 Å². The van der Waals surface area contributed by atoms with Crippen molar-refractivity contribution in [3.05, 3.63) is 59.9 Å². The van der Waals surface area contributed by atoms with Crippen LogP contribution in [0.15, 0.2) is 48.7 Å². The number of aromatic nitrogens is 1. The van der Waals surface area contributed by atoms with Crippen molar-refractivity contribution in [3.8, 4) is 0 Å². The van der Waals surface area contributed by atoms with Gasteiger partial charge in [-0.15, -0.1) is 0 Å². The van der Waals surface area contributed by atoms with E-state index in [0.717, 1.165) is 38.0 Å². The second-order valence-electron chi connectivity index (χ2n) is 6.07. The third-order valence-corrected chi connectivity index (χ3v) is 4.12. The van der Waals surface area contributed by atoms with Crippen LogP contribution >= 0.6 is 0 Å². The van der Waals surface area contributed by atoms with E-state index in [1.165, 1.54) is 5.56 Å². The van der Waals surface area contributed by atoms with Crippen molar-refractivity contribution in [2.45, 2.75) is 39.3 Å². The largest absolute Gasteiger partial charge is 0.375 e. The molecule has 0 aliphatic heterocycles. The van der Waals surface area contributed by atoms with Crippen LogP contribution in [-0.2, 0) is 22.6 Å². The highest BCUT2D eigenvalue weighted by molar-refractivity contribution is 5.77. The van der Waals surface area contributed by atoms with Crippen molar-refractivity contribution in [1.82, 2.24) is 9.47 Å². The summed E-state index contributed by atoms with van der Waals surface area (Å²) >= 11 is 0. The molecular weight excluding hydrogens is 300 g/mol. The molecular formula is C20H28N2O2. The number of unbranched alkanes of at least 4 members (excludes halogenated alkanes) is 2. The topological polar surface area (TPSA) is 34.5 Å². The molecule has 0 spiro atoms. The number of nitrogens with zero attached hydrogens (tertiary/aromatic N) is 2. The van der Waals surface area contributed by atoms with Crippen molar-refractivity contribution in [1.29, 1.82) is 0 Å². The summed E-state index contributed by atoms with van der Waals surface area (Å²) in [5, 5.41) is 0. The second kappa shape index (κ2) is 9.93. The van der Waals surface area contributed by atoms with E-state index in [0.29, 0.717) is 6.54 Å². The van der Waals surface area contributed by atoms with E-state index in [1.807, 2.05) is 17.0 Å². The average Bonchev–Trinajstić information content (AvgIpc) is 3.02. The first kappa shape index (κ1) is 18.3. The van der Waals surface area contributed by atoms with Crippen molar-refractivity contribution in [2.75, 3.05) is 20.3 Å². The Morgan fingerprint density at radius 1 is 1.12 bits per heavy atom. The van der Waals surface area contributed by atoms with E-state index in [2.05, 4.69) is 48.0 Å². The summed E-state index contributed by atoms with van der Waals surface area (Å²) < 4.78 is 7.25. The van der Waals surface area contributed by atoms with Crippen LogP contribution in [0.5, 0.6) is 0 Å². The first-order valence-electron chi connectivity index (χ1n) is 8.69. The Morgan fingerprint density at radius 2 is 1.92 bits per heavy atom. The quantitative estimate of drug-likeness (QED) is 0.623. The number of ether oxygens (including phenoxy) is 1. The molecule has 4 heteroatoms. The Hall–Kier alpha value is -2.07. The molecule has 0 aliphatic rings. The van der Waals surface area contributed by atoms with E-state index >= 15 is 0 Å². The molecule has 0 radical (unpaired) electrons. The van der Waals surface area contributed by atoms with Crippen LogP contribution in [-0.4, -0.2) is 35.6 Å². The van der Waals surface area contributed by atoms with Crippen LogP contribution in [0, 0.1) is 0 Å². The number of hydrogen-bond acceptors (Lipinski definition) is 2. The zero-order valence-corrected chi connectivity index (χ0v) is 14.8. The third kappa shape index (κ3) is 5.53. The number of amides is 1. The predicted octanol–water partition coefficient (Wildman–Crippen LogP) is 3.70. The summed E-state index contributed by atoms with van der Waals surface area (Å²) in [6.07, 6.45) is 5.40. The minimum absolute atomic E-state index is 0.0565. The molecule has 130 valence electrons. The fourth-order valence-corrected chi connectivity index (χ4v) is 2.78. The van der Waals surface area contributed by atoms with E-state index in [1.54, 1.807) is 7.11 Å². The SMILES string of the molecule is CCCCCN(Cc1cccn1Cc1ccccc1)C(=O)COC. The van der Waals surface area contributed by atoms with Crippen molar-refractivity contribution < 1.29 is 9.53 Å². The fourth-order valence-electron chi connectivity index (χ4n) is 2.78. The minimum atomic E-state index is 0.0565. The van der Waals surface area contributed by atoms with Gasteiger partial charge in [-0.25, -0.2) is 0 Å². The Kier molecular flexibility index (Phi) is 7.56. The molecule has 1 aromatic carbocycles. The minimum Gasteiger partial charge on any atom is -0.375 e. The van der Waals surface area contributed by atoms with Crippen LogP contribution in [0.1, 0.15) is 37.4 Å². The molecule has 0 unspecified atom stereocenters. The average molecular weight is 328 g/mol.